The highest BCUT2D eigenvalue weighted by Gasteiger charge is 2.37. The van der Waals surface area contributed by atoms with Gasteiger partial charge < -0.3 is 5.11 Å². The molecule has 1 aliphatic carbocycles. The first-order valence-corrected chi connectivity index (χ1v) is 9.59. The smallest absolute Gasteiger partial charge is 0.328 e. The maximum Gasteiger partial charge on any atom is 0.328 e. The second-order valence-corrected chi connectivity index (χ2v) is 9.47. The first-order valence-electron chi connectivity index (χ1n) is 8.77. The van der Waals surface area contributed by atoms with Gasteiger partial charge in [0.05, 0.1) is 0 Å². The Kier molecular flexibility index (Phi) is 4.40. The summed E-state index contributed by atoms with van der Waals surface area (Å²) in [6, 6.07) is 8.84. The largest absolute Gasteiger partial charge is 0.478 e. The Morgan fingerprint density at radius 1 is 1.08 bits per heavy atom. The normalized spacial score (nSPS) is 18.3. The van der Waals surface area contributed by atoms with Crippen LogP contribution in [0, 0.1) is 6.92 Å². The number of hydrogen-bond donors (Lipinski definition) is 1. The van der Waals surface area contributed by atoms with Crippen LogP contribution in [0.1, 0.15) is 62.1 Å². The Bertz CT molecular complexity index is 853. The number of carboxylic acids is 1. The van der Waals surface area contributed by atoms with Crippen LogP contribution in [-0.2, 0) is 15.6 Å². The first-order chi connectivity index (χ1) is 11.6. The number of carbonyl (C=O) groups is 1. The third kappa shape index (κ3) is 3.43. The zero-order valence-electron chi connectivity index (χ0n) is 15.6. The van der Waals surface area contributed by atoms with E-state index in [0.717, 1.165) is 4.88 Å². The van der Waals surface area contributed by atoms with Gasteiger partial charge >= 0.3 is 5.97 Å². The van der Waals surface area contributed by atoms with Crippen LogP contribution in [0.4, 0.5) is 0 Å². The Balaban J connectivity index is 2.09. The molecule has 0 bridgehead atoms. The lowest BCUT2D eigenvalue weighted by atomic mass is 9.62. The first kappa shape index (κ1) is 17.9. The maximum atomic E-state index is 10.7. The molecule has 0 aliphatic heterocycles. The van der Waals surface area contributed by atoms with Gasteiger partial charge in [-0.25, -0.2) is 4.79 Å². The molecule has 0 unspecified atom stereocenters. The van der Waals surface area contributed by atoms with E-state index in [2.05, 4.69) is 52.8 Å². The molecule has 3 rings (SSSR count). The molecule has 0 spiro atoms. The molecule has 1 N–H and O–H groups in total. The predicted molar refractivity (Wildman–Crippen MR) is 106 cm³/mol. The average Bonchev–Trinajstić information content (AvgIpc) is 2.98. The molecular formula is C22H26O2S. The van der Waals surface area contributed by atoms with E-state index in [1.807, 2.05) is 6.07 Å². The van der Waals surface area contributed by atoms with E-state index in [-0.39, 0.29) is 10.8 Å². The third-order valence-electron chi connectivity index (χ3n) is 5.48. The van der Waals surface area contributed by atoms with Crippen LogP contribution in [0.3, 0.4) is 0 Å². The number of benzene rings is 1. The van der Waals surface area contributed by atoms with Crippen LogP contribution >= 0.6 is 11.3 Å². The Morgan fingerprint density at radius 3 is 2.28 bits per heavy atom. The van der Waals surface area contributed by atoms with Gasteiger partial charge in [-0.15, -0.1) is 11.3 Å². The number of fused-ring (bicyclic) bond motifs is 1. The highest BCUT2D eigenvalue weighted by atomic mass is 32.1. The average molecular weight is 355 g/mol. The lowest BCUT2D eigenvalue weighted by Gasteiger charge is -2.42. The van der Waals surface area contributed by atoms with Gasteiger partial charge in [0.1, 0.15) is 0 Å². The Morgan fingerprint density at radius 2 is 1.68 bits per heavy atom. The highest BCUT2D eigenvalue weighted by molar-refractivity contribution is 7.16. The molecule has 0 saturated heterocycles. The number of hydrogen-bond acceptors (Lipinski definition) is 2. The molecule has 25 heavy (non-hydrogen) atoms. The van der Waals surface area contributed by atoms with Gasteiger partial charge in [-0.2, -0.15) is 0 Å². The van der Waals surface area contributed by atoms with Gasteiger partial charge in [-0.3, -0.25) is 0 Å². The van der Waals surface area contributed by atoms with Crippen molar-refractivity contribution in [2.24, 2.45) is 0 Å². The van der Waals surface area contributed by atoms with Crippen LogP contribution in [-0.4, -0.2) is 11.1 Å². The number of carboxylic acid groups (broad SMARTS) is 1. The Labute approximate surface area is 154 Å². The second kappa shape index (κ2) is 6.14. The maximum absolute atomic E-state index is 10.7. The van der Waals surface area contributed by atoms with Crippen molar-refractivity contribution in [3.63, 3.8) is 0 Å². The SMILES string of the molecule is Cc1cc2c(cc1-c1ccc(/C=C/C(=O)O)s1)C(C)(C)CCC2(C)C. The van der Waals surface area contributed by atoms with Gasteiger partial charge in [0.2, 0.25) is 0 Å². The van der Waals surface area contributed by atoms with Crippen LogP contribution in [0.25, 0.3) is 16.5 Å². The molecule has 1 aromatic carbocycles. The fraction of sp³-hybridized carbons (Fsp3) is 0.409. The molecular weight excluding hydrogens is 328 g/mol. The lowest BCUT2D eigenvalue weighted by molar-refractivity contribution is -0.131. The summed E-state index contributed by atoms with van der Waals surface area (Å²) in [5.74, 6) is -0.913. The summed E-state index contributed by atoms with van der Waals surface area (Å²) < 4.78 is 0. The molecule has 0 atom stereocenters. The van der Waals surface area contributed by atoms with E-state index in [4.69, 9.17) is 5.11 Å². The lowest BCUT2D eigenvalue weighted by Crippen LogP contribution is -2.34. The summed E-state index contributed by atoms with van der Waals surface area (Å²) in [4.78, 5) is 12.9. The van der Waals surface area contributed by atoms with Crippen LogP contribution in [0.5, 0.6) is 0 Å². The fourth-order valence-electron chi connectivity index (χ4n) is 3.73. The molecule has 0 fully saturated rings. The monoisotopic (exact) mass is 354 g/mol. The van der Waals surface area contributed by atoms with Gasteiger partial charge in [0.25, 0.3) is 0 Å². The van der Waals surface area contributed by atoms with Crippen molar-refractivity contribution < 1.29 is 9.90 Å². The molecule has 0 radical (unpaired) electrons. The summed E-state index contributed by atoms with van der Waals surface area (Å²) >= 11 is 1.64. The minimum atomic E-state index is -0.913. The van der Waals surface area contributed by atoms with Crippen molar-refractivity contribution >= 4 is 23.4 Å². The summed E-state index contributed by atoms with van der Waals surface area (Å²) in [7, 11) is 0. The minimum Gasteiger partial charge on any atom is -0.478 e. The topological polar surface area (TPSA) is 37.3 Å². The van der Waals surface area contributed by atoms with E-state index in [1.54, 1.807) is 17.4 Å². The fourth-order valence-corrected chi connectivity index (χ4v) is 4.72. The van der Waals surface area contributed by atoms with Gasteiger partial charge in [-0.1, -0.05) is 33.8 Å². The molecule has 2 aromatic rings. The number of rotatable bonds is 3. The number of aryl methyl sites for hydroxylation is 1. The standard InChI is InChI=1S/C22H26O2S/c1-14-12-17-18(22(4,5)11-10-21(17,2)3)13-16(14)19-8-6-15(25-19)7-9-20(23)24/h6-9,12-13H,10-11H2,1-5H3,(H,23,24)/b9-7+. The zero-order valence-corrected chi connectivity index (χ0v) is 16.5. The van der Waals surface area contributed by atoms with Crippen molar-refractivity contribution in [3.05, 3.63) is 51.9 Å². The van der Waals surface area contributed by atoms with Crippen molar-refractivity contribution in [2.75, 3.05) is 0 Å². The number of aliphatic carboxylic acids is 1. The van der Waals surface area contributed by atoms with Gasteiger partial charge in [0, 0.05) is 15.8 Å². The second-order valence-electron chi connectivity index (χ2n) is 8.35. The molecule has 0 amide bonds. The molecule has 3 heteroatoms. The van der Waals surface area contributed by atoms with Crippen molar-refractivity contribution in [1.29, 1.82) is 0 Å². The van der Waals surface area contributed by atoms with E-state index in [1.165, 1.54) is 46.0 Å². The van der Waals surface area contributed by atoms with E-state index < -0.39 is 5.97 Å². The van der Waals surface area contributed by atoms with Gasteiger partial charge in [0.15, 0.2) is 0 Å². The van der Waals surface area contributed by atoms with Crippen LogP contribution in [0.15, 0.2) is 30.3 Å². The molecule has 1 aromatic heterocycles. The summed E-state index contributed by atoms with van der Waals surface area (Å²) in [5, 5.41) is 8.80. The minimum absolute atomic E-state index is 0.191. The molecule has 132 valence electrons. The van der Waals surface area contributed by atoms with E-state index in [0.29, 0.717) is 0 Å². The Hall–Kier alpha value is -1.87. The van der Waals surface area contributed by atoms with Crippen LogP contribution in [0.2, 0.25) is 0 Å². The summed E-state index contributed by atoms with van der Waals surface area (Å²) in [6.07, 6.45) is 5.28. The van der Waals surface area contributed by atoms with Crippen molar-refractivity contribution in [2.45, 2.75) is 58.3 Å². The molecule has 0 saturated carbocycles. The van der Waals surface area contributed by atoms with E-state index in [9.17, 15) is 4.79 Å². The third-order valence-corrected chi connectivity index (χ3v) is 6.56. The quantitative estimate of drug-likeness (QED) is 0.669. The summed E-state index contributed by atoms with van der Waals surface area (Å²) in [5.41, 5.74) is 5.91. The summed E-state index contributed by atoms with van der Waals surface area (Å²) in [6.45, 7) is 11.6. The van der Waals surface area contributed by atoms with Gasteiger partial charge in [-0.05, 0) is 77.1 Å². The van der Waals surface area contributed by atoms with Crippen molar-refractivity contribution in [3.8, 4) is 10.4 Å². The van der Waals surface area contributed by atoms with E-state index >= 15 is 0 Å². The molecule has 2 nitrogen and oxygen atoms in total. The predicted octanol–water partition coefficient (Wildman–Crippen LogP) is 6.17. The number of thiophene rings is 1. The molecule has 1 aliphatic rings. The van der Waals surface area contributed by atoms with Crippen molar-refractivity contribution in [1.82, 2.24) is 0 Å². The zero-order chi connectivity index (χ0) is 18.4. The highest BCUT2D eigenvalue weighted by Crippen LogP contribution is 2.48. The molecule has 1 heterocycles. The van der Waals surface area contributed by atoms with Crippen LogP contribution < -0.4 is 0 Å².